The molecule has 0 radical (unpaired) electrons. The van der Waals surface area contributed by atoms with Crippen LogP contribution in [0.3, 0.4) is 0 Å². The molecule has 2 rings (SSSR count). The Hall–Kier alpha value is -6.54. The van der Waals surface area contributed by atoms with Crippen LogP contribution in [0.15, 0.2) is 170 Å². The van der Waals surface area contributed by atoms with E-state index in [1.165, 1.54) is 12.1 Å². The van der Waals surface area contributed by atoms with E-state index in [0.29, 0.717) is 12.8 Å². The first-order valence-corrected chi connectivity index (χ1v) is 23.3. The van der Waals surface area contributed by atoms with Crippen molar-refractivity contribution in [3.05, 3.63) is 192 Å². The van der Waals surface area contributed by atoms with Crippen molar-refractivity contribution in [2.45, 2.75) is 153 Å². The molecule has 0 bridgehead atoms. The zero-order valence-corrected chi connectivity index (χ0v) is 39.8. The minimum atomic E-state index is -1.11. The molecule has 0 heterocycles. The molecule has 0 atom stereocenters. The van der Waals surface area contributed by atoms with Gasteiger partial charge in [0.2, 0.25) is 0 Å². The van der Waals surface area contributed by atoms with Crippen LogP contribution >= 0.6 is 0 Å². The van der Waals surface area contributed by atoms with Crippen molar-refractivity contribution in [3.63, 3.8) is 0 Å². The van der Waals surface area contributed by atoms with Gasteiger partial charge in [0.15, 0.2) is 0 Å². The van der Waals surface area contributed by atoms with Gasteiger partial charge in [0.1, 0.15) is 22.6 Å². The number of aryl methyl sites for hydroxylation is 2. The smallest absolute Gasteiger partial charge is 0.339 e. The van der Waals surface area contributed by atoms with Crippen LogP contribution in [0, 0.1) is 13.8 Å². The molecule has 0 aliphatic carbocycles. The largest absolute Gasteiger partial charge is 0.478 e. The molecule has 0 amide bonds. The molecule has 69 heavy (non-hydrogen) atoms. The highest BCUT2D eigenvalue weighted by molar-refractivity contribution is 5.92. The Kier molecular flexibility index (Phi) is 45.0. The van der Waals surface area contributed by atoms with Crippen LogP contribution in [0.2, 0.25) is 0 Å². The molecule has 0 unspecified atom stereocenters. The summed E-state index contributed by atoms with van der Waals surface area (Å²) in [6.45, 7) is 7.92. The van der Waals surface area contributed by atoms with E-state index in [-0.39, 0.29) is 57.7 Å². The number of carboxylic acid groups (broad SMARTS) is 2. The summed E-state index contributed by atoms with van der Waals surface area (Å²) in [5.74, 6) is -2.86. The fraction of sp³-hybridized carbons (Fsp3) is 0.377. The lowest BCUT2D eigenvalue weighted by Gasteiger charge is -2.08. The van der Waals surface area contributed by atoms with Crippen LogP contribution in [-0.2, 0) is 9.59 Å². The predicted molar refractivity (Wildman–Crippen MR) is 293 cm³/mol. The van der Waals surface area contributed by atoms with E-state index in [9.17, 15) is 29.4 Å². The Morgan fingerprint density at radius 3 is 0.986 bits per heavy atom. The average Bonchev–Trinajstić information content (AvgIpc) is 3.28. The third-order valence-electron chi connectivity index (χ3n) is 9.20. The van der Waals surface area contributed by atoms with Gasteiger partial charge in [-0.25, -0.2) is 9.59 Å². The summed E-state index contributed by atoms with van der Waals surface area (Å²) in [5, 5.41) is 18.4. The zero-order valence-electron chi connectivity index (χ0n) is 39.8. The summed E-state index contributed by atoms with van der Waals surface area (Å²) < 4.78 is 10.5. The first kappa shape index (κ1) is 66.7. The quantitative estimate of drug-likeness (QED) is 0.0331. The van der Waals surface area contributed by atoms with Crippen molar-refractivity contribution >= 4 is 23.9 Å². The normalized spacial score (nSPS) is 11.8. The number of benzene rings is 2. The third-order valence-corrected chi connectivity index (χ3v) is 9.20. The maximum atomic E-state index is 12.0. The molecule has 2 N–H and O–H groups in total. The van der Waals surface area contributed by atoms with Gasteiger partial charge in [-0.2, -0.15) is 0 Å². The van der Waals surface area contributed by atoms with Crippen molar-refractivity contribution < 1.29 is 38.9 Å². The summed E-state index contributed by atoms with van der Waals surface area (Å²) in [6, 6.07) is 9.41. The fourth-order valence-corrected chi connectivity index (χ4v) is 5.70. The van der Waals surface area contributed by atoms with Gasteiger partial charge in [0.25, 0.3) is 0 Å². The highest BCUT2D eigenvalue weighted by atomic mass is 16.5. The van der Waals surface area contributed by atoms with E-state index in [2.05, 4.69) is 135 Å². The van der Waals surface area contributed by atoms with Gasteiger partial charge in [-0.3, -0.25) is 9.59 Å². The number of carbonyl (C=O) groups is 4. The van der Waals surface area contributed by atoms with Crippen molar-refractivity contribution in [3.8, 4) is 11.5 Å². The van der Waals surface area contributed by atoms with Gasteiger partial charge < -0.3 is 19.7 Å². The second kappa shape index (κ2) is 46.6. The molecule has 0 saturated heterocycles. The Morgan fingerprint density at radius 2 is 0.681 bits per heavy atom. The highest BCUT2D eigenvalue weighted by Gasteiger charge is 2.15. The zero-order chi connectivity index (χ0) is 48.3. The van der Waals surface area contributed by atoms with Gasteiger partial charge in [-0.15, -0.1) is 0 Å². The lowest BCUT2D eigenvalue weighted by atomic mass is 10.1. The minimum absolute atomic E-state index is 0. The molecule has 0 aromatic heterocycles. The maximum Gasteiger partial charge on any atom is 0.339 e. The number of esters is 2. The molecule has 378 valence electrons. The molecule has 8 heteroatoms. The van der Waals surface area contributed by atoms with Gasteiger partial charge >= 0.3 is 23.9 Å². The van der Waals surface area contributed by atoms with Crippen molar-refractivity contribution in [1.29, 1.82) is 0 Å². The van der Waals surface area contributed by atoms with Gasteiger partial charge in [0, 0.05) is 12.8 Å². The summed E-state index contributed by atoms with van der Waals surface area (Å²) >= 11 is 0. The molecule has 0 aliphatic heterocycles. The number of carboxylic acids is 2. The summed E-state index contributed by atoms with van der Waals surface area (Å²) in [6.07, 6.45) is 60.2. The Labute approximate surface area is 417 Å². The Morgan fingerprint density at radius 1 is 0.406 bits per heavy atom. The molecular formula is C61H86O8. The molecule has 2 aromatic rings. The molecule has 2 aromatic carbocycles. The monoisotopic (exact) mass is 947 g/mol. The van der Waals surface area contributed by atoms with E-state index < -0.39 is 23.9 Å². The van der Waals surface area contributed by atoms with Gasteiger partial charge in [-0.05, 0) is 139 Å². The summed E-state index contributed by atoms with van der Waals surface area (Å²) in [4.78, 5) is 46.5. The number of hydrogen-bond donors (Lipinski definition) is 2. The SMILES string of the molecule is C.C.C.CC/C=C\C/C=C\C/C=C\C/C=C\C/C=C\C/C=C\CCC(=O)Oc1cc(C)ccc1C(=O)O.CC/C=C\C/C=C\C/C=C\C/C=C\C/C=C\CCCC(=O)Oc1cc(C)ccc1C(=O)O. The van der Waals surface area contributed by atoms with Crippen molar-refractivity contribution in [2.24, 2.45) is 0 Å². The predicted octanol–water partition coefficient (Wildman–Crippen LogP) is 17.5. The van der Waals surface area contributed by atoms with Crippen LogP contribution in [0.1, 0.15) is 171 Å². The van der Waals surface area contributed by atoms with E-state index in [1.54, 1.807) is 24.3 Å². The second-order valence-corrected chi connectivity index (χ2v) is 15.1. The number of carbonyl (C=O) groups excluding carboxylic acids is 2. The van der Waals surface area contributed by atoms with Gasteiger partial charge in [-0.1, -0.05) is 182 Å². The summed E-state index contributed by atoms with van der Waals surface area (Å²) in [5.41, 5.74) is 1.68. The molecule has 0 aliphatic rings. The van der Waals surface area contributed by atoms with Crippen LogP contribution in [0.25, 0.3) is 0 Å². The maximum absolute atomic E-state index is 12.0. The standard InChI is InChI=1S/C30H38O4.C28H36O4.3CH4/c1-3-4-5-6-7-8-9-10-11-12-13-14-15-16-17-18-19-20-21-22-29(31)34-28-25-26(2)23-24-27(28)30(32)33;1-3-4-5-6-7-8-9-10-11-12-13-14-15-16-17-18-19-20-27(29)32-26-23-24(2)21-22-25(26)28(30)31;;;/h4-5,7-8,10-11,13-14,16-17,19-20,23-25H,3,6,9,12,15,18,21-22H2,1-2H3,(H,32,33);4-5,7-8,10-11,13-14,16-17,21-23H,3,6,9,12,15,18-20H2,1-2H3,(H,30,31);3*1H4/b5-4-,8-7-,11-10-,14-13-,17-16-,20-19-;5-4-,8-7-,11-10-,14-13-,17-16-;;;. The minimum Gasteiger partial charge on any atom is -0.478 e. The van der Waals surface area contributed by atoms with Gasteiger partial charge in [0.05, 0.1) is 0 Å². The third kappa shape index (κ3) is 38.2. The number of rotatable bonds is 31. The second-order valence-electron chi connectivity index (χ2n) is 15.1. The molecule has 0 spiro atoms. The van der Waals surface area contributed by atoms with E-state index in [1.807, 2.05) is 26.0 Å². The number of allylic oxidation sites excluding steroid dienone is 22. The van der Waals surface area contributed by atoms with E-state index in [0.717, 1.165) is 88.2 Å². The molecule has 0 fully saturated rings. The van der Waals surface area contributed by atoms with Crippen LogP contribution in [0.5, 0.6) is 11.5 Å². The first-order valence-electron chi connectivity index (χ1n) is 23.3. The van der Waals surface area contributed by atoms with E-state index >= 15 is 0 Å². The number of unbranched alkanes of at least 4 members (excludes halogenated alkanes) is 1. The lowest BCUT2D eigenvalue weighted by Crippen LogP contribution is -2.11. The number of ether oxygens (including phenoxy) is 2. The molecular weight excluding hydrogens is 861 g/mol. The topological polar surface area (TPSA) is 127 Å². The fourth-order valence-electron chi connectivity index (χ4n) is 5.70. The molecule has 0 saturated carbocycles. The highest BCUT2D eigenvalue weighted by Crippen LogP contribution is 2.22. The van der Waals surface area contributed by atoms with Crippen LogP contribution < -0.4 is 9.47 Å². The number of hydrogen-bond acceptors (Lipinski definition) is 6. The van der Waals surface area contributed by atoms with E-state index in [4.69, 9.17) is 9.47 Å². The van der Waals surface area contributed by atoms with Crippen LogP contribution in [-0.4, -0.2) is 34.1 Å². The Bertz CT molecular complexity index is 2050. The van der Waals surface area contributed by atoms with Crippen molar-refractivity contribution in [2.75, 3.05) is 0 Å². The first-order chi connectivity index (χ1) is 32.1. The van der Waals surface area contributed by atoms with Crippen LogP contribution in [0.4, 0.5) is 0 Å². The van der Waals surface area contributed by atoms with Crippen molar-refractivity contribution in [1.82, 2.24) is 0 Å². The summed E-state index contributed by atoms with van der Waals surface area (Å²) in [7, 11) is 0. The average molecular weight is 947 g/mol. The Balaban J connectivity index is -0.00000121. The number of aromatic carboxylic acids is 2. The molecule has 8 nitrogen and oxygen atoms in total. The lowest BCUT2D eigenvalue weighted by molar-refractivity contribution is -0.135.